The molecule has 32 heavy (non-hydrogen) atoms. The fourth-order valence-electron chi connectivity index (χ4n) is 4.06. The minimum atomic E-state index is -0.410. The molecule has 7 nitrogen and oxygen atoms in total. The van der Waals surface area contributed by atoms with Gasteiger partial charge in [0.1, 0.15) is 0 Å². The van der Waals surface area contributed by atoms with E-state index in [1.807, 2.05) is 74.5 Å². The number of nitrogens with zero attached hydrogens (tertiary/aromatic N) is 4. The van der Waals surface area contributed by atoms with Gasteiger partial charge in [0.15, 0.2) is 5.65 Å². The summed E-state index contributed by atoms with van der Waals surface area (Å²) in [7, 11) is 0. The molecule has 0 radical (unpaired) electrons. The number of anilines is 2. The lowest BCUT2D eigenvalue weighted by Gasteiger charge is -2.17. The van der Waals surface area contributed by atoms with E-state index in [4.69, 9.17) is 0 Å². The van der Waals surface area contributed by atoms with Crippen LogP contribution in [0.5, 0.6) is 0 Å². The largest absolute Gasteiger partial charge is 0.324 e. The van der Waals surface area contributed by atoms with Gasteiger partial charge < -0.3 is 10.2 Å². The molecule has 0 aliphatic carbocycles. The summed E-state index contributed by atoms with van der Waals surface area (Å²) in [5.41, 5.74) is 5.03. The first-order valence-corrected chi connectivity index (χ1v) is 10.6. The molecule has 0 saturated carbocycles. The minimum Gasteiger partial charge on any atom is -0.324 e. The van der Waals surface area contributed by atoms with Crippen LogP contribution in [0.4, 0.5) is 11.4 Å². The molecule has 3 heterocycles. The monoisotopic (exact) mass is 425 g/mol. The van der Waals surface area contributed by atoms with Crippen LogP contribution < -0.4 is 10.2 Å². The summed E-state index contributed by atoms with van der Waals surface area (Å²) in [6.45, 7) is 4.29. The Balaban J connectivity index is 1.34. The summed E-state index contributed by atoms with van der Waals surface area (Å²) in [5.74, 6) is -0.627. The van der Waals surface area contributed by atoms with Gasteiger partial charge in [0.2, 0.25) is 11.8 Å². The zero-order valence-corrected chi connectivity index (χ0v) is 17.9. The number of fused-ring (bicyclic) bond motifs is 1. The minimum absolute atomic E-state index is 0.0393. The first-order valence-electron chi connectivity index (χ1n) is 10.6. The van der Waals surface area contributed by atoms with Crippen LogP contribution in [0.1, 0.15) is 17.7 Å². The Kier molecular flexibility index (Phi) is 4.93. The molecular weight excluding hydrogens is 402 g/mol. The molecule has 7 heteroatoms. The van der Waals surface area contributed by atoms with Gasteiger partial charge in [-0.25, -0.2) is 9.67 Å². The van der Waals surface area contributed by atoms with Crippen molar-refractivity contribution in [1.29, 1.82) is 0 Å². The van der Waals surface area contributed by atoms with Gasteiger partial charge in [-0.15, -0.1) is 0 Å². The molecule has 2 aromatic heterocycles. The van der Waals surface area contributed by atoms with Gasteiger partial charge in [-0.05, 0) is 44.2 Å². The van der Waals surface area contributed by atoms with Gasteiger partial charge in [0.25, 0.3) is 0 Å². The van der Waals surface area contributed by atoms with Crippen LogP contribution in [-0.4, -0.2) is 33.1 Å². The van der Waals surface area contributed by atoms with Crippen LogP contribution in [0, 0.1) is 19.8 Å². The molecule has 4 aromatic rings. The van der Waals surface area contributed by atoms with Crippen LogP contribution in [-0.2, 0) is 9.59 Å². The second-order valence-electron chi connectivity index (χ2n) is 8.16. The highest BCUT2D eigenvalue weighted by Crippen LogP contribution is 2.27. The second kappa shape index (κ2) is 7.92. The van der Waals surface area contributed by atoms with E-state index in [-0.39, 0.29) is 18.2 Å². The Labute approximate surface area is 185 Å². The first-order chi connectivity index (χ1) is 15.5. The summed E-state index contributed by atoms with van der Waals surface area (Å²) >= 11 is 0. The number of para-hydroxylation sites is 1. The highest BCUT2D eigenvalue weighted by Gasteiger charge is 2.35. The van der Waals surface area contributed by atoms with Gasteiger partial charge in [-0.2, -0.15) is 5.10 Å². The van der Waals surface area contributed by atoms with Crippen LogP contribution in [0.3, 0.4) is 0 Å². The average Bonchev–Trinajstić information content (AvgIpc) is 3.35. The van der Waals surface area contributed by atoms with Crippen molar-refractivity contribution in [3.63, 3.8) is 0 Å². The summed E-state index contributed by atoms with van der Waals surface area (Å²) in [6, 6.07) is 19.5. The number of hydrogen-bond donors (Lipinski definition) is 1. The maximum absolute atomic E-state index is 12.9. The van der Waals surface area contributed by atoms with E-state index in [1.165, 1.54) is 0 Å². The molecular formula is C25H23N5O2. The molecule has 0 spiro atoms. The summed E-state index contributed by atoms with van der Waals surface area (Å²) in [5, 5.41) is 8.41. The Morgan fingerprint density at radius 1 is 1.03 bits per heavy atom. The molecule has 1 fully saturated rings. The number of rotatable bonds is 4. The fraction of sp³-hybridized carbons (Fsp3) is 0.200. The third kappa shape index (κ3) is 3.62. The zero-order valence-electron chi connectivity index (χ0n) is 17.9. The number of benzene rings is 2. The van der Waals surface area contributed by atoms with Crippen molar-refractivity contribution in [3.8, 4) is 5.69 Å². The number of amides is 2. The van der Waals surface area contributed by atoms with Crippen LogP contribution in [0.15, 0.2) is 66.9 Å². The first kappa shape index (κ1) is 19.9. The summed E-state index contributed by atoms with van der Waals surface area (Å²) < 4.78 is 1.80. The highest BCUT2D eigenvalue weighted by molar-refractivity contribution is 6.04. The standard InChI is InChI=1S/C25H23N5O2/c1-16-8-10-20(11-9-16)29-15-18(12-23(29)31)25(32)27-19-13-22-17(2)28-30(24(22)26-14-19)21-6-4-3-5-7-21/h3-11,13-14,18H,12,15H2,1-2H3,(H,27,32). The lowest BCUT2D eigenvalue weighted by molar-refractivity contribution is -0.122. The normalized spacial score (nSPS) is 16.0. The van der Waals surface area contributed by atoms with Gasteiger partial charge in [0, 0.05) is 24.0 Å². The van der Waals surface area contributed by atoms with E-state index < -0.39 is 5.92 Å². The predicted octanol–water partition coefficient (Wildman–Crippen LogP) is 4.03. The molecule has 1 unspecified atom stereocenters. The van der Waals surface area contributed by atoms with Crippen molar-refractivity contribution < 1.29 is 9.59 Å². The summed E-state index contributed by atoms with van der Waals surface area (Å²) in [6.07, 6.45) is 1.83. The van der Waals surface area contributed by atoms with Gasteiger partial charge >= 0.3 is 0 Å². The van der Waals surface area contributed by atoms with Crippen molar-refractivity contribution in [2.24, 2.45) is 5.92 Å². The fourth-order valence-corrected chi connectivity index (χ4v) is 4.06. The van der Waals surface area contributed by atoms with Crippen LogP contribution in [0.2, 0.25) is 0 Å². The molecule has 1 saturated heterocycles. The number of carbonyl (C=O) groups is 2. The maximum Gasteiger partial charge on any atom is 0.229 e. The van der Waals surface area contributed by atoms with Gasteiger partial charge in [-0.1, -0.05) is 35.9 Å². The molecule has 5 rings (SSSR count). The van der Waals surface area contributed by atoms with Crippen LogP contribution >= 0.6 is 0 Å². The maximum atomic E-state index is 12.9. The molecule has 0 bridgehead atoms. The van der Waals surface area contributed by atoms with E-state index >= 15 is 0 Å². The third-order valence-electron chi connectivity index (χ3n) is 5.82. The van der Waals surface area contributed by atoms with E-state index in [0.29, 0.717) is 12.2 Å². The molecule has 1 N–H and O–H groups in total. The van der Waals surface area contributed by atoms with Crippen molar-refractivity contribution in [3.05, 3.63) is 78.1 Å². The Hall–Kier alpha value is -4.00. The lowest BCUT2D eigenvalue weighted by atomic mass is 10.1. The van der Waals surface area contributed by atoms with E-state index in [1.54, 1.807) is 15.8 Å². The summed E-state index contributed by atoms with van der Waals surface area (Å²) in [4.78, 5) is 31.6. The van der Waals surface area contributed by atoms with Crippen molar-refractivity contribution in [1.82, 2.24) is 14.8 Å². The second-order valence-corrected chi connectivity index (χ2v) is 8.16. The Morgan fingerprint density at radius 2 is 1.78 bits per heavy atom. The Morgan fingerprint density at radius 3 is 2.53 bits per heavy atom. The number of aromatic nitrogens is 3. The van der Waals surface area contributed by atoms with Crippen molar-refractivity contribution in [2.75, 3.05) is 16.8 Å². The predicted molar refractivity (Wildman–Crippen MR) is 124 cm³/mol. The quantitative estimate of drug-likeness (QED) is 0.535. The van der Waals surface area contributed by atoms with Gasteiger partial charge in [-0.3, -0.25) is 9.59 Å². The lowest BCUT2D eigenvalue weighted by Crippen LogP contribution is -2.28. The number of aryl methyl sites for hydroxylation is 2. The smallest absolute Gasteiger partial charge is 0.229 e. The topological polar surface area (TPSA) is 80.1 Å². The number of carbonyl (C=O) groups excluding carboxylic acids is 2. The average molecular weight is 425 g/mol. The third-order valence-corrected chi connectivity index (χ3v) is 5.82. The number of nitrogens with one attached hydrogen (secondary N) is 1. The van der Waals surface area contributed by atoms with Crippen LogP contribution in [0.25, 0.3) is 16.7 Å². The molecule has 1 atom stereocenters. The molecule has 2 amide bonds. The van der Waals surface area contributed by atoms with E-state index in [2.05, 4.69) is 15.4 Å². The highest BCUT2D eigenvalue weighted by atomic mass is 16.2. The Bertz CT molecular complexity index is 1310. The molecule has 1 aliphatic heterocycles. The molecule has 2 aromatic carbocycles. The van der Waals surface area contributed by atoms with E-state index in [0.717, 1.165) is 33.7 Å². The SMILES string of the molecule is Cc1ccc(N2CC(C(=O)Nc3cnc4c(c3)c(C)nn4-c3ccccc3)CC2=O)cc1. The van der Waals surface area contributed by atoms with Crippen molar-refractivity contribution in [2.45, 2.75) is 20.3 Å². The molecule has 160 valence electrons. The van der Waals surface area contributed by atoms with Crippen molar-refractivity contribution >= 4 is 34.2 Å². The number of hydrogen-bond acceptors (Lipinski definition) is 4. The number of pyridine rings is 1. The van der Waals surface area contributed by atoms with Gasteiger partial charge in [0.05, 0.1) is 29.2 Å². The zero-order chi connectivity index (χ0) is 22.2. The molecule has 1 aliphatic rings. The van der Waals surface area contributed by atoms with E-state index in [9.17, 15) is 9.59 Å².